The first-order valence-electron chi connectivity index (χ1n) is 5.59. The van der Waals surface area contributed by atoms with Crippen LogP contribution >= 0.6 is 0 Å². The van der Waals surface area contributed by atoms with Gasteiger partial charge in [0.1, 0.15) is 0 Å². The third-order valence-electron chi connectivity index (χ3n) is 4.53. The van der Waals surface area contributed by atoms with Gasteiger partial charge >= 0.3 is 0 Å². The molecule has 2 atom stereocenters. The molecular formula is C13H18. The lowest BCUT2D eigenvalue weighted by Gasteiger charge is -2.49. The average Bonchev–Trinajstić information content (AvgIpc) is 2.40. The Hall–Kier alpha value is -0.520. The Kier molecular flexibility index (Phi) is 1.38. The van der Waals surface area contributed by atoms with Crippen LogP contribution in [0.25, 0.3) is 0 Å². The smallest absolute Gasteiger partial charge is 0.0165 e. The molecule has 2 saturated carbocycles. The lowest BCUT2D eigenvalue weighted by molar-refractivity contribution is 0.0482. The Balaban J connectivity index is 2.05. The van der Waals surface area contributed by atoms with Gasteiger partial charge in [0, 0.05) is 0 Å². The molecule has 2 fully saturated rings. The molecule has 0 saturated heterocycles. The van der Waals surface area contributed by atoms with E-state index >= 15 is 0 Å². The molecule has 0 N–H and O–H groups in total. The summed E-state index contributed by atoms with van der Waals surface area (Å²) in [6.45, 7) is 4.86. The average molecular weight is 174 g/mol. The monoisotopic (exact) mass is 174 g/mol. The summed E-state index contributed by atoms with van der Waals surface area (Å²) in [7, 11) is 0. The third-order valence-corrected chi connectivity index (χ3v) is 4.53. The minimum absolute atomic E-state index is 0.560. The highest BCUT2D eigenvalue weighted by Crippen LogP contribution is 2.56. The van der Waals surface area contributed by atoms with Gasteiger partial charge < -0.3 is 0 Å². The molecule has 0 aromatic rings. The quantitative estimate of drug-likeness (QED) is 0.525. The minimum atomic E-state index is 0.560. The summed E-state index contributed by atoms with van der Waals surface area (Å²) in [5.41, 5.74) is 3.95. The van der Waals surface area contributed by atoms with Crippen molar-refractivity contribution in [3.8, 4) is 0 Å². The van der Waals surface area contributed by atoms with Crippen LogP contribution in [0, 0.1) is 17.3 Å². The van der Waals surface area contributed by atoms with Gasteiger partial charge in [0.15, 0.2) is 0 Å². The zero-order valence-electron chi connectivity index (χ0n) is 8.64. The molecule has 0 heteroatoms. The lowest BCUT2D eigenvalue weighted by atomic mass is 9.55. The van der Waals surface area contributed by atoms with Crippen LogP contribution in [0.1, 0.15) is 39.5 Å². The van der Waals surface area contributed by atoms with Gasteiger partial charge in [0.25, 0.3) is 0 Å². The zero-order chi connectivity index (χ0) is 9.05. The standard InChI is InChI=1S/C13H18/c1-13(2)11-6-9-4-3-5-10(9)7-12(13)8-11/h6-7,11-12H,3-5,8H2,1-2H3. The zero-order valence-corrected chi connectivity index (χ0v) is 8.64. The van der Waals surface area contributed by atoms with E-state index in [1.54, 1.807) is 11.1 Å². The van der Waals surface area contributed by atoms with Gasteiger partial charge in [-0.1, -0.05) is 26.0 Å². The molecule has 4 rings (SSSR count). The Morgan fingerprint density at radius 3 is 2.08 bits per heavy atom. The molecule has 2 bridgehead atoms. The Bertz CT molecular complexity index is 276. The van der Waals surface area contributed by atoms with Crippen molar-refractivity contribution in [2.45, 2.75) is 39.5 Å². The summed E-state index contributed by atoms with van der Waals surface area (Å²) in [6.07, 6.45) is 10.7. The molecule has 4 aliphatic rings. The van der Waals surface area contributed by atoms with Crippen molar-refractivity contribution < 1.29 is 0 Å². The summed E-state index contributed by atoms with van der Waals surface area (Å²) in [5.74, 6) is 1.75. The van der Waals surface area contributed by atoms with Crippen molar-refractivity contribution in [2.75, 3.05) is 0 Å². The molecular weight excluding hydrogens is 156 g/mol. The molecule has 70 valence electrons. The van der Waals surface area contributed by atoms with Crippen LogP contribution in [0.5, 0.6) is 0 Å². The van der Waals surface area contributed by atoms with Crippen LogP contribution in [-0.4, -0.2) is 0 Å². The Morgan fingerprint density at radius 1 is 1.08 bits per heavy atom. The number of hydrogen-bond acceptors (Lipinski definition) is 0. The van der Waals surface area contributed by atoms with Gasteiger partial charge in [-0.25, -0.2) is 0 Å². The normalized spacial score (nSPS) is 39.8. The minimum Gasteiger partial charge on any atom is -0.0774 e. The van der Waals surface area contributed by atoms with Crippen LogP contribution in [-0.2, 0) is 0 Å². The van der Waals surface area contributed by atoms with Gasteiger partial charge in [-0.3, -0.25) is 0 Å². The first-order chi connectivity index (χ1) is 6.18. The second kappa shape index (κ2) is 2.29. The van der Waals surface area contributed by atoms with Gasteiger partial charge in [-0.2, -0.15) is 0 Å². The molecule has 4 aliphatic carbocycles. The fraction of sp³-hybridized carbons (Fsp3) is 0.692. The first kappa shape index (κ1) is 7.84. The summed E-state index contributed by atoms with van der Waals surface area (Å²) in [5, 5.41) is 0. The number of hydrogen-bond donors (Lipinski definition) is 0. The molecule has 0 amide bonds. The SMILES string of the molecule is CC1(C)C2C=C3CCCC3=CC1C2. The van der Waals surface area contributed by atoms with Gasteiger partial charge in [0.05, 0.1) is 0 Å². The highest BCUT2D eigenvalue weighted by atomic mass is 14.5. The second-order valence-electron chi connectivity index (χ2n) is 5.51. The van der Waals surface area contributed by atoms with E-state index in [1.165, 1.54) is 25.7 Å². The molecule has 0 aliphatic heterocycles. The topological polar surface area (TPSA) is 0 Å². The molecule has 0 spiro atoms. The van der Waals surface area contributed by atoms with Crippen molar-refractivity contribution in [1.29, 1.82) is 0 Å². The molecule has 13 heavy (non-hydrogen) atoms. The Morgan fingerprint density at radius 2 is 1.62 bits per heavy atom. The van der Waals surface area contributed by atoms with Crippen molar-refractivity contribution >= 4 is 0 Å². The van der Waals surface area contributed by atoms with Crippen molar-refractivity contribution in [1.82, 2.24) is 0 Å². The lowest BCUT2D eigenvalue weighted by Crippen LogP contribution is -2.42. The predicted octanol–water partition coefficient (Wildman–Crippen LogP) is 3.70. The third kappa shape index (κ3) is 0.920. The Labute approximate surface area is 80.7 Å². The highest BCUT2D eigenvalue weighted by Gasteiger charge is 2.47. The maximum Gasteiger partial charge on any atom is -0.0165 e. The van der Waals surface area contributed by atoms with Gasteiger partial charge in [-0.15, -0.1) is 0 Å². The van der Waals surface area contributed by atoms with E-state index in [2.05, 4.69) is 26.0 Å². The first-order valence-corrected chi connectivity index (χ1v) is 5.59. The van der Waals surface area contributed by atoms with Crippen LogP contribution < -0.4 is 0 Å². The van der Waals surface area contributed by atoms with E-state index < -0.39 is 0 Å². The predicted molar refractivity (Wildman–Crippen MR) is 55.4 cm³/mol. The highest BCUT2D eigenvalue weighted by molar-refractivity contribution is 5.40. The maximum absolute atomic E-state index is 2.59. The number of allylic oxidation sites excluding steroid dienone is 4. The second-order valence-corrected chi connectivity index (χ2v) is 5.51. The summed E-state index contributed by atoms with van der Waals surface area (Å²) in [6, 6.07) is 0. The van der Waals surface area contributed by atoms with Crippen molar-refractivity contribution in [3.63, 3.8) is 0 Å². The van der Waals surface area contributed by atoms with E-state index in [4.69, 9.17) is 0 Å². The molecule has 0 aromatic heterocycles. The van der Waals surface area contributed by atoms with Gasteiger partial charge in [0.2, 0.25) is 0 Å². The molecule has 0 radical (unpaired) electrons. The van der Waals surface area contributed by atoms with Crippen LogP contribution in [0.4, 0.5) is 0 Å². The van der Waals surface area contributed by atoms with Crippen LogP contribution in [0.15, 0.2) is 23.3 Å². The van der Waals surface area contributed by atoms with Crippen LogP contribution in [0.3, 0.4) is 0 Å². The molecule has 2 unspecified atom stereocenters. The van der Waals surface area contributed by atoms with E-state index in [-0.39, 0.29) is 0 Å². The molecule has 0 heterocycles. The largest absolute Gasteiger partial charge is 0.0774 e. The van der Waals surface area contributed by atoms with E-state index in [1.807, 2.05) is 0 Å². The van der Waals surface area contributed by atoms with Gasteiger partial charge in [-0.05, 0) is 54.1 Å². The van der Waals surface area contributed by atoms with E-state index in [0.29, 0.717) is 5.41 Å². The molecule has 0 nitrogen and oxygen atoms in total. The maximum atomic E-state index is 2.59. The van der Waals surface area contributed by atoms with Crippen LogP contribution in [0.2, 0.25) is 0 Å². The summed E-state index contributed by atoms with van der Waals surface area (Å²) >= 11 is 0. The molecule has 0 aromatic carbocycles. The summed E-state index contributed by atoms with van der Waals surface area (Å²) < 4.78 is 0. The number of rotatable bonds is 0. The van der Waals surface area contributed by atoms with Crippen molar-refractivity contribution in [2.24, 2.45) is 17.3 Å². The fourth-order valence-corrected chi connectivity index (χ4v) is 3.22. The van der Waals surface area contributed by atoms with E-state index in [0.717, 1.165) is 11.8 Å². The van der Waals surface area contributed by atoms with Crippen molar-refractivity contribution in [3.05, 3.63) is 23.3 Å². The fourth-order valence-electron chi connectivity index (χ4n) is 3.22. The van der Waals surface area contributed by atoms with E-state index in [9.17, 15) is 0 Å². The summed E-state index contributed by atoms with van der Waals surface area (Å²) in [4.78, 5) is 0.